The van der Waals surface area contributed by atoms with E-state index in [0.717, 1.165) is 0 Å². The summed E-state index contributed by atoms with van der Waals surface area (Å²) >= 11 is 0. The number of rotatable bonds is 3. The van der Waals surface area contributed by atoms with Crippen LogP contribution in [0.1, 0.15) is 5.56 Å². The number of aldehydes is 1. The molecule has 88 valence electrons. The van der Waals surface area contributed by atoms with E-state index in [1.54, 1.807) is 19.1 Å². The van der Waals surface area contributed by atoms with E-state index in [0.29, 0.717) is 17.5 Å². The highest BCUT2D eigenvalue weighted by Crippen LogP contribution is 2.29. The van der Waals surface area contributed by atoms with Gasteiger partial charge in [-0.3, -0.25) is 14.9 Å². The van der Waals surface area contributed by atoms with Crippen LogP contribution in [-0.4, -0.2) is 17.4 Å². The molecule has 1 aromatic rings. The number of hydrogen-bond donors (Lipinski definition) is 1. The fourth-order valence-corrected chi connectivity index (χ4v) is 1.60. The van der Waals surface area contributed by atoms with Crippen LogP contribution in [0.4, 0.5) is 11.4 Å². The zero-order valence-corrected chi connectivity index (χ0v) is 8.90. The first-order valence-corrected chi connectivity index (χ1v) is 4.79. The van der Waals surface area contributed by atoms with Crippen molar-refractivity contribution < 1.29 is 9.72 Å². The summed E-state index contributed by atoms with van der Waals surface area (Å²) in [5.41, 5.74) is 3.46. The van der Waals surface area contributed by atoms with Crippen LogP contribution in [0.2, 0.25) is 0 Å². The number of hydrogen-bond acceptors (Lipinski definition) is 7. The molecule has 1 aliphatic rings. The van der Waals surface area contributed by atoms with Crippen LogP contribution in [0.15, 0.2) is 28.5 Å². The highest BCUT2D eigenvalue weighted by Gasteiger charge is 2.26. The largest absolute Gasteiger partial charge is 0.299 e. The molecule has 1 heterocycles. The number of nitrogens with one attached hydrogen (secondary N) is 1. The fourth-order valence-electron chi connectivity index (χ4n) is 1.60. The molecule has 2 rings (SSSR count). The van der Waals surface area contributed by atoms with E-state index in [1.807, 2.05) is 0 Å². The monoisotopic (exact) mass is 235 g/mol. The lowest BCUT2D eigenvalue weighted by atomic mass is 10.1. The molecule has 17 heavy (non-hydrogen) atoms. The smallest absolute Gasteiger partial charge is 0.274 e. The van der Waals surface area contributed by atoms with Crippen molar-refractivity contribution in [3.8, 4) is 0 Å². The van der Waals surface area contributed by atoms with E-state index < -0.39 is 11.1 Å². The number of hydrazine groups is 1. The van der Waals surface area contributed by atoms with Crippen molar-refractivity contribution in [1.82, 2.24) is 5.53 Å². The summed E-state index contributed by atoms with van der Waals surface area (Å²) in [5, 5.41) is 19.3. The maximum atomic E-state index is 10.8. The van der Waals surface area contributed by atoms with Crippen molar-refractivity contribution in [3.63, 3.8) is 0 Å². The third-order valence-corrected chi connectivity index (χ3v) is 2.45. The maximum Gasteiger partial charge on any atom is 0.274 e. The summed E-state index contributed by atoms with van der Waals surface area (Å²) < 4.78 is 0. The van der Waals surface area contributed by atoms with Gasteiger partial charge in [0.2, 0.25) is 6.17 Å². The minimum atomic E-state index is -0.796. The highest BCUT2D eigenvalue weighted by molar-refractivity contribution is 5.69. The zero-order chi connectivity index (χ0) is 12.4. The number of anilines is 1. The molecule has 0 aliphatic carbocycles. The molecule has 8 nitrogen and oxygen atoms in total. The van der Waals surface area contributed by atoms with Gasteiger partial charge in [-0.05, 0) is 13.0 Å². The number of carbonyl (C=O) groups is 1. The Morgan fingerprint density at radius 2 is 2.35 bits per heavy atom. The van der Waals surface area contributed by atoms with Crippen LogP contribution >= 0.6 is 0 Å². The van der Waals surface area contributed by atoms with Crippen LogP contribution in [0.25, 0.3) is 0 Å². The lowest BCUT2D eigenvalue weighted by Crippen LogP contribution is -2.38. The van der Waals surface area contributed by atoms with Gasteiger partial charge in [0.1, 0.15) is 0 Å². The molecule has 0 amide bonds. The first-order valence-electron chi connectivity index (χ1n) is 4.79. The predicted molar refractivity (Wildman–Crippen MR) is 58.2 cm³/mol. The van der Waals surface area contributed by atoms with E-state index in [-0.39, 0.29) is 5.69 Å². The van der Waals surface area contributed by atoms with Crippen molar-refractivity contribution in [2.24, 2.45) is 10.3 Å². The lowest BCUT2D eigenvalue weighted by Gasteiger charge is -2.20. The lowest BCUT2D eigenvalue weighted by molar-refractivity contribution is -0.385. The molecule has 1 aromatic carbocycles. The predicted octanol–water partition coefficient (Wildman–Crippen LogP) is 1.12. The molecule has 0 saturated carbocycles. The second-order valence-electron chi connectivity index (χ2n) is 3.41. The third-order valence-electron chi connectivity index (χ3n) is 2.45. The summed E-state index contributed by atoms with van der Waals surface area (Å²) in [4.78, 5) is 21.1. The van der Waals surface area contributed by atoms with E-state index in [1.165, 1.54) is 11.1 Å². The number of nitrogens with zero attached hydrogens (tertiary/aromatic N) is 4. The summed E-state index contributed by atoms with van der Waals surface area (Å²) in [7, 11) is 0. The Bertz CT molecular complexity index is 501. The number of nitro groups is 1. The van der Waals surface area contributed by atoms with E-state index >= 15 is 0 Å². The molecule has 0 bridgehead atoms. The summed E-state index contributed by atoms with van der Waals surface area (Å²) in [6, 6.07) is 4.60. The minimum Gasteiger partial charge on any atom is -0.299 e. The first kappa shape index (κ1) is 11.0. The quantitative estimate of drug-likeness (QED) is 0.480. The number of carbonyl (C=O) groups excluding carboxylic acids is 1. The van der Waals surface area contributed by atoms with Gasteiger partial charge in [0.15, 0.2) is 6.29 Å². The summed E-state index contributed by atoms with van der Waals surface area (Å²) in [5.74, 6) is 0. The van der Waals surface area contributed by atoms with Gasteiger partial charge in [-0.1, -0.05) is 11.3 Å². The Hall–Kier alpha value is -2.51. The van der Waals surface area contributed by atoms with E-state index in [2.05, 4.69) is 15.9 Å². The van der Waals surface area contributed by atoms with Gasteiger partial charge in [-0.2, -0.15) is 5.53 Å². The fraction of sp³-hybridized carbons (Fsp3) is 0.222. The highest BCUT2D eigenvalue weighted by atomic mass is 16.6. The number of benzene rings is 1. The topological polar surface area (TPSA) is 100 Å². The zero-order valence-electron chi connectivity index (χ0n) is 8.90. The standard InChI is InChI=1S/C9H9N5O3/c1-6-7(3-2-4-8(6)14(16)17)13-9(5-15)10-11-12-13/h2-5,9H,1H3,(H,10,12). The third kappa shape index (κ3) is 1.80. The summed E-state index contributed by atoms with van der Waals surface area (Å²) in [6.45, 7) is 1.61. The Balaban J connectivity index is 2.43. The van der Waals surface area contributed by atoms with Crippen molar-refractivity contribution in [3.05, 3.63) is 33.9 Å². The van der Waals surface area contributed by atoms with Gasteiger partial charge < -0.3 is 0 Å². The SMILES string of the molecule is Cc1c(N2NN=NC2C=O)cccc1[N+](=O)[O-]. The van der Waals surface area contributed by atoms with Crippen LogP contribution in [0.3, 0.4) is 0 Å². The van der Waals surface area contributed by atoms with Crippen molar-refractivity contribution >= 4 is 17.7 Å². The molecule has 0 aromatic heterocycles. The van der Waals surface area contributed by atoms with Gasteiger partial charge in [0.25, 0.3) is 5.69 Å². The minimum absolute atomic E-state index is 0.0131. The van der Waals surface area contributed by atoms with Crippen LogP contribution in [-0.2, 0) is 4.79 Å². The van der Waals surface area contributed by atoms with Gasteiger partial charge in [0, 0.05) is 6.07 Å². The number of nitro benzene ring substituents is 1. The molecule has 0 fully saturated rings. The van der Waals surface area contributed by atoms with Crippen molar-refractivity contribution in [2.45, 2.75) is 13.1 Å². The van der Waals surface area contributed by atoms with E-state index in [9.17, 15) is 14.9 Å². The molecule has 8 heteroatoms. The van der Waals surface area contributed by atoms with E-state index in [4.69, 9.17) is 0 Å². The van der Waals surface area contributed by atoms with Gasteiger partial charge in [0.05, 0.1) is 16.2 Å². The Morgan fingerprint density at radius 3 is 3.00 bits per heavy atom. The van der Waals surface area contributed by atoms with Crippen LogP contribution < -0.4 is 10.5 Å². The normalized spacial score (nSPS) is 17.9. The van der Waals surface area contributed by atoms with Gasteiger partial charge in [-0.25, -0.2) is 5.01 Å². The molecule has 1 atom stereocenters. The van der Waals surface area contributed by atoms with Gasteiger partial charge in [-0.15, -0.1) is 5.11 Å². The molecule has 1 aliphatic heterocycles. The molecule has 0 spiro atoms. The average molecular weight is 235 g/mol. The Kier molecular flexibility index (Phi) is 2.69. The molecule has 0 radical (unpaired) electrons. The Labute approximate surface area is 96.0 Å². The average Bonchev–Trinajstić information content (AvgIpc) is 2.76. The molecule has 0 saturated heterocycles. The second kappa shape index (κ2) is 4.16. The molecular weight excluding hydrogens is 226 g/mol. The van der Waals surface area contributed by atoms with Crippen LogP contribution in [0, 0.1) is 17.0 Å². The summed E-state index contributed by atoms with van der Waals surface area (Å²) in [6.07, 6.45) is -0.197. The molecule has 1 N–H and O–H groups in total. The molecular formula is C9H9N5O3. The maximum absolute atomic E-state index is 10.8. The second-order valence-corrected chi connectivity index (χ2v) is 3.41. The first-order chi connectivity index (χ1) is 8.15. The van der Waals surface area contributed by atoms with Crippen molar-refractivity contribution in [2.75, 3.05) is 5.01 Å². The van der Waals surface area contributed by atoms with Crippen molar-refractivity contribution in [1.29, 1.82) is 0 Å². The van der Waals surface area contributed by atoms with Gasteiger partial charge >= 0.3 is 0 Å². The molecule has 1 unspecified atom stereocenters. The Morgan fingerprint density at radius 1 is 1.59 bits per heavy atom. The van der Waals surface area contributed by atoms with Crippen LogP contribution in [0.5, 0.6) is 0 Å².